The summed E-state index contributed by atoms with van der Waals surface area (Å²) in [6.45, 7) is 0. The van der Waals surface area contributed by atoms with Crippen LogP contribution >= 0.6 is 0 Å². The molecule has 0 bridgehead atoms. The second kappa shape index (κ2) is 6.35. The van der Waals surface area contributed by atoms with Gasteiger partial charge in [0.25, 0.3) is 0 Å². The van der Waals surface area contributed by atoms with Gasteiger partial charge in [0, 0.05) is 0 Å². The Labute approximate surface area is 109 Å². The first kappa shape index (κ1) is 17.1. The smallest absolute Gasteiger partial charge is 0.468 e. The zero-order chi connectivity index (χ0) is 16.1. The molecule has 0 radical (unpaired) electrons. The lowest BCUT2D eigenvalue weighted by Crippen LogP contribution is -2.55. The summed E-state index contributed by atoms with van der Waals surface area (Å²) in [5.41, 5.74) is 0. The molecule has 0 aliphatic carbocycles. The lowest BCUT2D eigenvalue weighted by atomic mass is 10.0. The summed E-state index contributed by atoms with van der Waals surface area (Å²) in [6.07, 6.45) is -1.64. The lowest BCUT2D eigenvalue weighted by molar-refractivity contribution is -0.970. The summed E-state index contributed by atoms with van der Waals surface area (Å²) in [5.74, 6) is -8.97. The molecular formula is C7H9N3O10. The van der Waals surface area contributed by atoms with Crippen molar-refractivity contribution in [3.63, 3.8) is 0 Å². The maximum atomic E-state index is 11.3. The van der Waals surface area contributed by atoms with Gasteiger partial charge in [-0.15, -0.1) is 0 Å². The van der Waals surface area contributed by atoms with E-state index >= 15 is 0 Å². The monoisotopic (exact) mass is 295 g/mol. The van der Waals surface area contributed by atoms with Crippen LogP contribution in [0.1, 0.15) is 6.42 Å². The summed E-state index contributed by atoms with van der Waals surface area (Å²) in [4.78, 5) is 49.2. The first-order valence-corrected chi connectivity index (χ1v) is 4.74. The molecule has 0 aromatic heterocycles. The molecule has 112 valence electrons. The van der Waals surface area contributed by atoms with E-state index in [9.17, 15) is 39.9 Å². The predicted octanol–water partition coefficient (Wildman–Crippen LogP) is -1.18. The number of hydrogen-bond acceptors (Lipinski definition) is 10. The zero-order valence-electron chi connectivity index (χ0n) is 10.2. The molecule has 0 fully saturated rings. The number of nitro groups is 3. The van der Waals surface area contributed by atoms with E-state index in [-0.39, 0.29) is 0 Å². The first-order valence-electron chi connectivity index (χ1n) is 4.74. The molecule has 0 amide bonds. The molecule has 0 atom stereocenters. The quantitative estimate of drug-likeness (QED) is 0.182. The Morgan fingerprint density at radius 1 is 0.950 bits per heavy atom. The molecule has 0 aliphatic rings. The molecule has 0 heterocycles. The molecule has 0 unspecified atom stereocenters. The van der Waals surface area contributed by atoms with Crippen LogP contribution < -0.4 is 0 Å². The second-order valence-electron chi connectivity index (χ2n) is 3.35. The SMILES string of the molecule is COC(=O)C(CC([N+](=O)[O-])([N+](=O)[O-])[N+](=O)[O-])C(=O)OC. The van der Waals surface area contributed by atoms with Crippen LogP contribution in [0, 0.1) is 36.3 Å². The van der Waals surface area contributed by atoms with Crippen molar-refractivity contribution in [3.05, 3.63) is 30.3 Å². The third-order valence-corrected chi connectivity index (χ3v) is 2.33. The summed E-state index contributed by atoms with van der Waals surface area (Å²) >= 11 is 0. The van der Waals surface area contributed by atoms with E-state index in [1.165, 1.54) is 0 Å². The molecule has 0 rings (SSSR count). The number of ether oxygens (including phenoxy) is 2. The number of carbonyl (C=O) groups excluding carboxylic acids is 2. The molecule has 0 aromatic rings. The van der Waals surface area contributed by atoms with Crippen LogP contribution in [-0.2, 0) is 19.1 Å². The molecule has 0 spiro atoms. The van der Waals surface area contributed by atoms with Crippen molar-refractivity contribution in [2.75, 3.05) is 14.2 Å². The molecule has 0 saturated carbocycles. The number of esters is 2. The minimum absolute atomic E-state index is 0.796. The Kier molecular flexibility index (Phi) is 5.44. The van der Waals surface area contributed by atoms with E-state index in [4.69, 9.17) is 0 Å². The highest BCUT2D eigenvalue weighted by molar-refractivity contribution is 5.94. The highest BCUT2D eigenvalue weighted by Gasteiger charge is 2.72. The Morgan fingerprint density at radius 3 is 1.45 bits per heavy atom. The number of carbonyl (C=O) groups is 2. The highest BCUT2D eigenvalue weighted by Crippen LogP contribution is 2.24. The summed E-state index contributed by atoms with van der Waals surface area (Å²) < 4.78 is 8.23. The van der Waals surface area contributed by atoms with E-state index in [0.29, 0.717) is 0 Å². The van der Waals surface area contributed by atoms with Crippen molar-refractivity contribution in [1.82, 2.24) is 0 Å². The second-order valence-corrected chi connectivity index (χ2v) is 3.35. The van der Waals surface area contributed by atoms with Gasteiger partial charge in [0.1, 0.15) is 0 Å². The number of nitrogens with zero attached hydrogens (tertiary/aromatic N) is 3. The molecule has 13 heteroatoms. The summed E-state index contributed by atoms with van der Waals surface area (Å²) in [6, 6.07) is 0. The van der Waals surface area contributed by atoms with Crippen molar-refractivity contribution < 1.29 is 33.8 Å². The Hall–Kier alpha value is -2.86. The average Bonchev–Trinajstić information content (AvgIpc) is 2.37. The van der Waals surface area contributed by atoms with Crippen molar-refractivity contribution >= 4 is 11.9 Å². The van der Waals surface area contributed by atoms with Crippen molar-refractivity contribution in [2.45, 2.75) is 12.2 Å². The predicted molar refractivity (Wildman–Crippen MR) is 55.9 cm³/mol. The van der Waals surface area contributed by atoms with Crippen molar-refractivity contribution in [2.24, 2.45) is 5.92 Å². The van der Waals surface area contributed by atoms with Gasteiger partial charge in [-0.1, -0.05) is 0 Å². The van der Waals surface area contributed by atoms with Crippen LogP contribution in [0.15, 0.2) is 0 Å². The van der Waals surface area contributed by atoms with E-state index in [2.05, 4.69) is 9.47 Å². The fraction of sp³-hybridized carbons (Fsp3) is 0.714. The summed E-state index contributed by atoms with van der Waals surface area (Å²) in [7, 11) is 1.59. The molecule has 13 nitrogen and oxygen atoms in total. The molecule has 0 saturated heterocycles. The molecular weight excluding hydrogens is 286 g/mol. The van der Waals surface area contributed by atoms with Crippen molar-refractivity contribution in [3.8, 4) is 0 Å². The van der Waals surface area contributed by atoms with Crippen LogP contribution in [0.4, 0.5) is 0 Å². The Balaban J connectivity index is 5.79. The maximum absolute atomic E-state index is 11.3. The summed E-state index contributed by atoms with van der Waals surface area (Å²) in [5, 5.41) is 32.0. The van der Waals surface area contributed by atoms with Gasteiger partial charge in [0.05, 0.1) is 14.2 Å². The van der Waals surface area contributed by atoms with E-state index in [1.54, 1.807) is 0 Å². The van der Waals surface area contributed by atoms with Gasteiger partial charge in [-0.3, -0.25) is 39.9 Å². The van der Waals surface area contributed by atoms with Crippen LogP contribution in [0.5, 0.6) is 0 Å². The van der Waals surface area contributed by atoms with Gasteiger partial charge < -0.3 is 9.47 Å². The maximum Gasteiger partial charge on any atom is 0.701 e. The number of methoxy groups -OCH3 is 2. The van der Waals surface area contributed by atoms with Crippen LogP contribution in [0.3, 0.4) is 0 Å². The average molecular weight is 295 g/mol. The Bertz CT molecular complexity index is 408. The lowest BCUT2D eigenvalue weighted by Gasteiger charge is -2.14. The third-order valence-electron chi connectivity index (χ3n) is 2.33. The fourth-order valence-corrected chi connectivity index (χ4v) is 1.24. The van der Waals surface area contributed by atoms with E-state index in [0.717, 1.165) is 14.2 Å². The largest absolute Gasteiger partial charge is 0.701 e. The fourth-order valence-electron chi connectivity index (χ4n) is 1.24. The van der Waals surface area contributed by atoms with Gasteiger partial charge in [-0.05, 0) is 0 Å². The minimum Gasteiger partial charge on any atom is -0.468 e. The van der Waals surface area contributed by atoms with Crippen LogP contribution in [-0.4, -0.2) is 46.7 Å². The minimum atomic E-state index is -3.95. The standard InChI is InChI=1S/C7H9N3O10/c1-19-5(11)4(6(12)20-2)3-7(8(13)14,9(15)16)10(17)18/h4H,3H2,1-2H3. The van der Waals surface area contributed by atoms with E-state index in [1.807, 2.05) is 0 Å². The van der Waals surface area contributed by atoms with Crippen molar-refractivity contribution in [1.29, 1.82) is 0 Å². The molecule has 0 aliphatic heterocycles. The molecule has 0 N–H and O–H groups in total. The molecule has 20 heavy (non-hydrogen) atoms. The highest BCUT2D eigenvalue weighted by atomic mass is 16.7. The van der Waals surface area contributed by atoms with Gasteiger partial charge >= 0.3 is 17.7 Å². The number of hydrogen-bond donors (Lipinski definition) is 0. The van der Waals surface area contributed by atoms with Crippen LogP contribution in [0.2, 0.25) is 0 Å². The third kappa shape index (κ3) is 2.93. The normalized spacial score (nSPS) is 10.8. The van der Waals surface area contributed by atoms with Crippen LogP contribution in [0.25, 0.3) is 0 Å². The zero-order valence-corrected chi connectivity index (χ0v) is 10.2. The first-order chi connectivity index (χ1) is 9.14. The van der Waals surface area contributed by atoms with E-state index < -0.39 is 44.8 Å². The number of rotatable bonds is 7. The Morgan fingerprint density at radius 2 is 1.25 bits per heavy atom. The van der Waals surface area contributed by atoms with Gasteiger partial charge in [0.15, 0.2) is 27.1 Å². The van der Waals surface area contributed by atoms with Gasteiger partial charge in [-0.25, -0.2) is 0 Å². The topological polar surface area (TPSA) is 182 Å². The van der Waals surface area contributed by atoms with Gasteiger partial charge in [-0.2, -0.15) is 0 Å². The van der Waals surface area contributed by atoms with Gasteiger partial charge in [0.2, 0.25) is 0 Å². The molecule has 0 aromatic carbocycles.